The summed E-state index contributed by atoms with van der Waals surface area (Å²) >= 11 is 0. The molecule has 1 atom stereocenters. The molecule has 0 unspecified atom stereocenters. The van der Waals surface area contributed by atoms with Gasteiger partial charge >= 0.3 is 6.03 Å². The van der Waals surface area contributed by atoms with Crippen molar-refractivity contribution in [2.45, 2.75) is 50.5 Å². The van der Waals surface area contributed by atoms with Gasteiger partial charge in [0, 0.05) is 12.0 Å². The Kier molecular flexibility index (Phi) is 6.20. The Balaban J connectivity index is 2.09. The first-order chi connectivity index (χ1) is 11.5. The number of rotatable bonds is 6. The number of carbonyl (C=O) groups is 2. The quantitative estimate of drug-likeness (QED) is 0.743. The Hall–Kier alpha value is -2.08. The van der Waals surface area contributed by atoms with Crippen molar-refractivity contribution in [1.29, 1.82) is 0 Å². The number of nitrogens with one attached hydrogen (secondary N) is 2. The summed E-state index contributed by atoms with van der Waals surface area (Å²) in [5.41, 5.74) is 6.27. The lowest BCUT2D eigenvalue weighted by Gasteiger charge is -2.39. The second kappa shape index (κ2) is 8.15. The van der Waals surface area contributed by atoms with E-state index in [4.69, 9.17) is 10.5 Å². The number of urea groups is 1. The molecule has 0 saturated heterocycles. The minimum atomic E-state index is -0.823. The molecule has 2 rings (SSSR count). The molecule has 0 aliphatic heterocycles. The van der Waals surface area contributed by atoms with Crippen LogP contribution in [0.5, 0.6) is 5.75 Å². The molecule has 1 aromatic rings. The summed E-state index contributed by atoms with van der Waals surface area (Å²) in [6.45, 7) is 2.43. The van der Waals surface area contributed by atoms with Crippen molar-refractivity contribution in [1.82, 2.24) is 10.6 Å². The number of hydrogen-bond donors (Lipinski definition) is 3. The number of benzene rings is 1. The number of ether oxygens (including phenoxy) is 1. The zero-order valence-electron chi connectivity index (χ0n) is 14.4. The van der Waals surface area contributed by atoms with Gasteiger partial charge in [0.1, 0.15) is 5.75 Å². The molecule has 6 heteroatoms. The van der Waals surface area contributed by atoms with Crippen LogP contribution in [-0.4, -0.2) is 31.6 Å². The van der Waals surface area contributed by atoms with Gasteiger partial charge in [0.05, 0.1) is 13.2 Å². The van der Waals surface area contributed by atoms with Gasteiger partial charge in [0.2, 0.25) is 5.91 Å². The van der Waals surface area contributed by atoms with E-state index < -0.39 is 18.0 Å². The first-order valence-corrected chi connectivity index (χ1v) is 8.45. The lowest BCUT2D eigenvalue weighted by Crippen LogP contribution is -2.50. The molecular formula is C18H27N3O3. The number of carbonyl (C=O) groups excluding carboxylic acids is 2. The maximum absolute atomic E-state index is 11.9. The van der Waals surface area contributed by atoms with Crippen LogP contribution in [0.4, 0.5) is 4.79 Å². The highest BCUT2D eigenvalue weighted by Gasteiger charge is 2.34. The van der Waals surface area contributed by atoms with Crippen molar-refractivity contribution >= 4 is 11.9 Å². The molecule has 1 saturated carbocycles. The van der Waals surface area contributed by atoms with Crippen LogP contribution in [-0.2, 0) is 10.2 Å². The van der Waals surface area contributed by atoms with Gasteiger partial charge in [-0.3, -0.25) is 10.1 Å². The number of methoxy groups -OCH3 is 1. The second-order valence-corrected chi connectivity index (χ2v) is 6.53. The van der Waals surface area contributed by atoms with Gasteiger partial charge in [-0.05, 0) is 37.5 Å². The summed E-state index contributed by atoms with van der Waals surface area (Å²) in [7, 11) is 1.66. The monoisotopic (exact) mass is 333 g/mol. The van der Waals surface area contributed by atoms with Crippen LogP contribution >= 0.6 is 0 Å². The maximum Gasteiger partial charge on any atom is 0.318 e. The number of imide groups is 1. The van der Waals surface area contributed by atoms with Crippen LogP contribution in [0.3, 0.4) is 0 Å². The van der Waals surface area contributed by atoms with E-state index in [1.807, 2.05) is 12.1 Å². The van der Waals surface area contributed by atoms with Gasteiger partial charge in [0.25, 0.3) is 0 Å². The summed E-state index contributed by atoms with van der Waals surface area (Å²) in [6, 6.07) is 6.88. The van der Waals surface area contributed by atoms with Crippen LogP contribution in [0.2, 0.25) is 0 Å². The topological polar surface area (TPSA) is 93.4 Å². The number of primary amides is 1. The van der Waals surface area contributed by atoms with Crippen LogP contribution in [0.15, 0.2) is 24.3 Å². The standard InChI is InChI=1S/C18H27N3O3/c1-13(16(22)21-17(19)23)20-12-18(10-4-3-5-11-18)14-6-8-15(24-2)9-7-14/h6-9,13,20H,3-5,10-12H2,1-2H3,(H3,19,21,22,23)/t13-/m0/s1. The van der Waals surface area contributed by atoms with E-state index in [0.717, 1.165) is 18.6 Å². The van der Waals surface area contributed by atoms with Crippen LogP contribution < -0.4 is 21.1 Å². The third kappa shape index (κ3) is 4.47. The predicted molar refractivity (Wildman–Crippen MR) is 92.9 cm³/mol. The molecule has 6 nitrogen and oxygen atoms in total. The molecule has 0 aromatic heterocycles. The van der Waals surface area contributed by atoms with Crippen LogP contribution in [0, 0.1) is 0 Å². The second-order valence-electron chi connectivity index (χ2n) is 6.53. The first-order valence-electron chi connectivity index (χ1n) is 8.45. The largest absolute Gasteiger partial charge is 0.497 e. The van der Waals surface area contributed by atoms with E-state index >= 15 is 0 Å². The number of hydrogen-bond acceptors (Lipinski definition) is 4. The third-order valence-corrected chi connectivity index (χ3v) is 4.90. The summed E-state index contributed by atoms with van der Waals surface area (Å²) < 4.78 is 5.24. The fourth-order valence-electron chi connectivity index (χ4n) is 3.41. The van der Waals surface area contributed by atoms with Crippen molar-refractivity contribution in [3.8, 4) is 5.75 Å². The van der Waals surface area contributed by atoms with E-state index in [-0.39, 0.29) is 5.41 Å². The maximum atomic E-state index is 11.9. The molecule has 0 spiro atoms. The molecule has 1 aliphatic carbocycles. The predicted octanol–water partition coefficient (Wildman–Crippen LogP) is 2.07. The highest BCUT2D eigenvalue weighted by atomic mass is 16.5. The summed E-state index contributed by atoms with van der Waals surface area (Å²) in [5.74, 6) is 0.440. The summed E-state index contributed by atoms with van der Waals surface area (Å²) in [4.78, 5) is 22.7. The van der Waals surface area contributed by atoms with E-state index in [9.17, 15) is 9.59 Å². The Labute approximate surface area is 143 Å². The molecule has 132 valence electrons. The fraction of sp³-hybridized carbons (Fsp3) is 0.556. The summed E-state index contributed by atoms with van der Waals surface area (Å²) in [5, 5.41) is 5.39. The molecule has 24 heavy (non-hydrogen) atoms. The van der Waals surface area contributed by atoms with Gasteiger partial charge in [-0.1, -0.05) is 31.4 Å². The highest BCUT2D eigenvalue weighted by molar-refractivity contribution is 5.96. The molecule has 3 amide bonds. The average Bonchev–Trinajstić information content (AvgIpc) is 2.60. The third-order valence-electron chi connectivity index (χ3n) is 4.90. The highest BCUT2D eigenvalue weighted by Crippen LogP contribution is 2.39. The van der Waals surface area contributed by atoms with Gasteiger partial charge in [-0.15, -0.1) is 0 Å². The fourth-order valence-corrected chi connectivity index (χ4v) is 3.41. The summed E-state index contributed by atoms with van der Waals surface area (Å²) in [6.07, 6.45) is 5.76. The Morgan fingerprint density at radius 3 is 2.38 bits per heavy atom. The van der Waals surface area contributed by atoms with Crippen molar-refractivity contribution in [3.05, 3.63) is 29.8 Å². The minimum absolute atomic E-state index is 0.00574. The number of amides is 3. The van der Waals surface area contributed by atoms with Gasteiger partial charge in [-0.2, -0.15) is 0 Å². The smallest absolute Gasteiger partial charge is 0.318 e. The van der Waals surface area contributed by atoms with Crippen LogP contribution in [0.1, 0.15) is 44.6 Å². The molecule has 4 N–H and O–H groups in total. The van der Waals surface area contributed by atoms with E-state index in [1.54, 1.807) is 14.0 Å². The molecule has 1 fully saturated rings. The normalized spacial score (nSPS) is 17.8. The molecule has 0 heterocycles. The molecule has 1 aromatic carbocycles. The SMILES string of the molecule is COc1ccc(C2(CN[C@@H](C)C(=O)NC(N)=O)CCCCC2)cc1. The molecular weight excluding hydrogens is 306 g/mol. The number of nitrogens with two attached hydrogens (primary N) is 1. The Morgan fingerprint density at radius 2 is 1.83 bits per heavy atom. The van der Waals surface area contributed by atoms with E-state index in [1.165, 1.54) is 24.8 Å². The van der Waals surface area contributed by atoms with Crippen molar-refractivity contribution in [3.63, 3.8) is 0 Å². The molecule has 0 radical (unpaired) electrons. The lowest BCUT2D eigenvalue weighted by molar-refractivity contribution is -0.121. The Bertz CT molecular complexity index is 565. The lowest BCUT2D eigenvalue weighted by atomic mass is 9.69. The van der Waals surface area contributed by atoms with Crippen molar-refractivity contribution in [2.75, 3.05) is 13.7 Å². The van der Waals surface area contributed by atoms with Gasteiger partial charge < -0.3 is 15.8 Å². The molecule has 1 aliphatic rings. The average molecular weight is 333 g/mol. The zero-order valence-corrected chi connectivity index (χ0v) is 14.4. The van der Waals surface area contributed by atoms with Gasteiger partial charge in [-0.25, -0.2) is 4.79 Å². The van der Waals surface area contributed by atoms with E-state index in [0.29, 0.717) is 6.54 Å². The van der Waals surface area contributed by atoms with Crippen LogP contribution in [0.25, 0.3) is 0 Å². The first kappa shape index (κ1) is 18.3. The van der Waals surface area contributed by atoms with Crippen molar-refractivity contribution < 1.29 is 14.3 Å². The zero-order chi connectivity index (χ0) is 17.6. The Morgan fingerprint density at radius 1 is 1.21 bits per heavy atom. The molecule has 0 bridgehead atoms. The minimum Gasteiger partial charge on any atom is -0.497 e. The van der Waals surface area contributed by atoms with Gasteiger partial charge in [0.15, 0.2) is 0 Å². The van der Waals surface area contributed by atoms with Crippen molar-refractivity contribution in [2.24, 2.45) is 5.73 Å². The van der Waals surface area contributed by atoms with E-state index in [2.05, 4.69) is 22.8 Å².